The van der Waals surface area contributed by atoms with Crippen molar-refractivity contribution in [2.24, 2.45) is 0 Å². The van der Waals surface area contributed by atoms with Crippen LogP contribution in [0.5, 0.6) is 0 Å². The molecule has 0 saturated carbocycles. The van der Waals surface area contributed by atoms with Crippen LogP contribution in [0.15, 0.2) is 76.2 Å². The molecule has 27 heavy (non-hydrogen) atoms. The first-order valence-electron chi connectivity index (χ1n) is 7.91. The number of carbonyl (C=O) groups is 1. The van der Waals surface area contributed by atoms with Crippen molar-refractivity contribution >= 4 is 21.6 Å². The normalized spacial score (nSPS) is 10.9. The molecule has 3 rings (SSSR count). The lowest BCUT2D eigenvalue weighted by Crippen LogP contribution is -2.23. The molecule has 0 aliphatic carbocycles. The molecule has 0 bridgehead atoms. The highest BCUT2D eigenvalue weighted by atomic mass is 32.2. The summed E-state index contributed by atoms with van der Waals surface area (Å²) < 4.78 is 32.4. The molecule has 0 atom stereocenters. The minimum absolute atomic E-state index is 0.0109. The van der Waals surface area contributed by atoms with E-state index in [0.717, 1.165) is 0 Å². The van der Waals surface area contributed by atoms with Crippen molar-refractivity contribution in [1.29, 1.82) is 5.26 Å². The average Bonchev–Trinajstić information content (AvgIpc) is 3.21. The van der Waals surface area contributed by atoms with Gasteiger partial charge in [-0.2, -0.15) is 5.26 Å². The summed E-state index contributed by atoms with van der Waals surface area (Å²) in [4.78, 5) is 12.4. The number of hydrogen-bond donors (Lipinski definition) is 2. The number of nitriles is 1. The Morgan fingerprint density at radius 1 is 1.07 bits per heavy atom. The lowest BCUT2D eigenvalue weighted by Gasteiger charge is -2.08. The first-order valence-corrected chi connectivity index (χ1v) is 9.40. The van der Waals surface area contributed by atoms with Gasteiger partial charge in [0.25, 0.3) is 5.91 Å². The molecule has 0 aliphatic rings. The van der Waals surface area contributed by atoms with E-state index in [1.54, 1.807) is 36.4 Å². The monoisotopic (exact) mass is 381 g/mol. The van der Waals surface area contributed by atoms with Crippen LogP contribution in [0, 0.1) is 11.3 Å². The van der Waals surface area contributed by atoms with Gasteiger partial charge in [-0.3, -0.25) is 4.79 Å². The molecule has 136 valence electrons. The summed E-state index contributed by atoms with van der Waals surface area (Å²) in [6.45, 7) is 0.0109. The Labute approximate surface area is 156 Å². The molecule has 2 N–H and O–H groups in total. The maximum absolute atomic E-state index is 12.4. The number of anilines is 1. The number of hydrogen-bond acceptors (Lipinski definition) is 5. The fourth-order valence-electron chi connectivity index (χ4n) is 2.30. The molecule has 1 heterocycles. The van der Waals surface area contributed by atoms with Crippen LogP contribution in [0.2, 0.25) is 0 Å². The Hall–Kier alpha value is -3.41. The van der Waals surface area contributed by atoms with E-state index in [1.165, 1.54) is 30.5 Å². The minimum atomic E-state index is -3.80. The number of rotatable bonds is 6. The number of carbonyl (C=O) groups excluding carboxylic acids is 1. The van der Waals surface area contributed by atoms with Gasteiger partial charge in [0.2, 0.25) is 10.0 Å². The van der Waals surface area contributed by atoms with Gasteiger partial charge in [-0.15, -0.1) is 0 Å². The van der Waals surface area contributed by atoms with E-state index in [2.05, 4.69) is 10.0 Å². The molecule has 0 saturated heterocycles. The molecule has 3 aromatic rings. The topological polar surface area (TPSA) is 112 Å². The summed E-state index contributed by atoms with van der Waals surface area (Å²) in [7, 11) is -3.80. The van der Waals surface area contributed by atoms with Gasteiger partial charge in [-0.05, 0) is 54.6 Å². The van der Waals surface area contributed by atoms with Crippen LogP contribution in [-0.4, -0.2) is 14.3 Å². The standard InChI is InChI=1S/C19H15N3O4S/c20-12-14-6-8-16(9-7-14)22-19(23)15-3-1-5-18(11-15)27(24,25)21-13-17-4-2-10-26-17/h1-11,21H,13H2,(H,22,23). The Morgan fingerprint density at radius 3 is 2.52 bits per heavy atom. The second-order valence-electron chi connectivity index (χ2n) is 5.58. The van der Waals surface area contributed by atoms with Crippen molar-refractivity contribution < 1.29 is 17.6 Å². The van der Waals surface area contributed by atoms with Crippen molar-refractivity contribution in [2.45, 2.75) is 11.4 Å². The quantitative estimate of drug-likeness (QED) is 0.682. The highest BCUT2D eigenvalue weighted by Gasteiger charge is 2.17. The van der Waals surface area contributed by atoms with Crippen LogP contribution in [0.4, 0.5) is 5.69 Å². The van der Waals surface area contributed by atoms with Crippen molar-refractivity contribution in [3.8, 4) is 6.07 Å². The van der Waals surface area contributed by atoms with Crippen LogP contribution >= 0.6 is 0 Å². The maximum Gasteiger partial charge on any atom is 0.255 e. The van der Waals surface area contributed by atoms with Gasteiger partial charge in [0.05, 0.1) is 29.3 Å². The van der Waals surface area contributed by atoms with Gasteiger partial charge in [-0.1, -0.05) is 6.07 Å². The van der Waals surface area contributed by atoms with Gasteiger partial charge >= 0.3 is 0 Å². The molecule has 7 nitrogen and oxygen atoms in total. The van der Waals surface area contributed by atoms with Crippen LogP contribution < -0.4 is 10.0 Å². The number of sulfonamides is 1. The number of nitrogens with one attached hydrogen (secondary N) is 2. The lowest BCUT2D eigenvalue weighted by molar-refractivity contribution is 0.102. The third-order valence-corrected chi connectivity index (χ3v) is 5.09. The van der Waals surface area contributed by atoms with Crippen molar-refractivity contribution in [3.05, 3.63) is 83.8 Å². The Balaban J connectivity index is 1.73. The van der Waals surface area contributed by atoms with Gasteiger partial charge < -0.3 is 9.73 Å². The molecule has 1 aromatic heterocycles. The Morgan fingerprint density at radius 2 is 1.85 bits per heavy atom. The van der Waals surface area contributed by atoms with Crippen molar-refractivity contribution in [1.82, 2.24) is 4.72 Å². The van der Waals surface area contributed by atoms with Crippen LogP contribution in [0.25, 0.3) is 0 Å². The molecule has 8 heteroatoms. The predicted octanol–water partition coefficient (Wildman–Crippen LogP) is 2.88. The SMILES string of the molecule is N#Cc1ccc(NC(=O)c2cccc(S(=O)(=O)NCc3ccco3)c2)cc1. The highest BCUT2D eigenvalue weighted by Crippen LogP contribution is 2.15. The first kappa shape index (κ1) is 18.4. The third-order valence-electron chi connectivity index (χ3n) is 3.69. The predicted molar refractivity (Wildman–Crippen MR) is 98.3 cm³/mol. The summed E-state index contributed by atoms with van der Waals surface area (Å²) in [5.74, 6) is 0.0241. The summed E-state index contributed by atoms with van der Waals surface area (Å²) in [5, 5.41) is 11.5. The van der Waals surface area contributed by atoms with Crippen LogP contribution in [-0.2, 0) is 16.6 Å². The molecule has 0 fully saturated rings. The number of nitrogens with zero attached hydrogens (tertiary/aromatic N) is 1. The second-order valence-corrected chi connectivity index (χ2v) is 7.34. The Bertz CT molecular complexity index is 1080. The molecule has 1 amide bonds. The number of furan rings is 1. The van der Waals surface area contributed by atoms with E-state index in [9.17, 15) is 13.2 Å². The van der Waals surface area contributed by atoms with Gasteiger partial charge in [0, 0.05) is 11.3 Å². The summed E-state index contributed by atoms with van der Waals surface area (Å²) >= 11 is 0. The first-order chi connectivity index (χ1) is 13.0. The highest BCUT2D eigenvalue weighted by molar-refractivity contribution is 7.89. The van der Waals surface area contributed by atoms with E-state index in [1.807, 2.05) is 6.07 Å². The molecule has 0 aliphatic heterocycles. The average molecular weight is 381 g/mol. The van der Waals surface area contributed by atoms with E-state index in [0.29, 0.717) is 17.0 Å². The zero-order valence-corrected chi connectivity index (χ0v) is 14.9. The van der Waals surface area contributed by atoms with Crippen LogP contribution in [0.3, 0.4) is 0 Å². The molecule has 0 spiro atoms. The maximum atomic E-state index is 12.4. The largest absolute Gasteiger partial charge is 0.468 e. The molecule has 2 aromatic carbocycles. The van der Waals surface area contributed by atoms with Gasteiger partial charge in [0.1, 0.15) is 5.76 Å². The van der Waals surface area contributed by atoms with E-state index >= 15 is 0 Å². The smallest absolute Gasteiger partial charge is 0.255 e. The molecule has 0 unspecified atom stereocenters. The minimum Gasteiger partial charge on any atom is -0.468 e. The number of amides is 1. The fraction of sp³-hybridized carbons (Fsp3) is 0.0526. The van der Waals surface area contributed by atoms with E-state index < -0.39 is 15.9 Å². The van der Waals surface area contributed by atoms with E-state index in [4.69, 9.17) is 9.68 Å². The van der Waals surface area contributed by atoms with Crippen molar-refractivity contribution in [3.63, 3.8) is 0 Å². The van der Waals surface area contributed by atoms with Crippen LogP contribution in [0.1, 0.15) is 21.7 Å². The fourth-order valence-corrected chi connectivity index (χ4v) is 3.34. The molecular weight excluding hydrogens is 366 g/mol. The summed E-state index contributed by atoms with van der Waals surface area (Å²) in [6, 6.07) is 17.4. The lowest BCUT2D eigenvalue weighted by atomic mass is 10.2. The van der Waals surface area contributed by atoms with Gasteiger partial charge in [-0.25, -0.2) is 13.1 Å². The summed E-state index contributed by atoms with van der Waals surface area (Å²) in [6.07, 6.45) is 1.46. The third kappa shape index (κ3) is 4.61. The zero-order chi connectivity index (χ0) is 19.3. The second kappa shape index (κ2) is 7.86. The molecular formula is C19H15N3O4S. The van der Waals surface area contributed by atoms with Crippen molar-refractivity contribution in [2.75, 3.05) is 5.32 Å². The Kier molecular flexibility index (Phi) is 5.35. The van der Waals surface area contributed by atoms with E-state index in [-0.39, 0.29) is 17.0 Å². The summed E-state index contributed by atoms with van der Waals surface area (Å²) in [5.41, 5.74) is 1.17. The van der Waals surface area contributed by atoms with Gasteiger partial charge in [0.15, 0.2) is 0 Å². The number of benzene rings is 2. The molecule has 0 radical (unpaired) electrons. The zero-order valence-electron chi connectivity index (χ0n) is 14.0.